The van der Waals surface area contributed by atoms with Gasteiger partial charge in [-0.3, -0.25) is 10.1 Å². The average molecular weight is 318 g/mol. The van der Waals surface area contributed by atoms with Gasteiger partial charge in [-0.05, 0) is 55.8 Å². The van der Waals surface area contributed by atoms with Crippen molar-refractivity contribution in [2.45, 2.75) is 57.3 Å². The average Bonchev–Trinajstić information content (AvgIpc) is 3.05. The molecule has 126 valence electrons. The van der Waals surface area contributed by atoms with Crippen LogP contribution in [-0.4, -0.2) is 40.6 Å². The van der Waals surface area contributed by atoms with Crippen molar-refractivity contribution in [3.8, 4) is 0 Å². The summed E-state index contributed by atoms with van der Waals surface area (Å²) in [7, 11) is 0. The number of hydrogen-bond donors (Lipinski definition) is 1. The van der Waals surface area contributed by atoms with Crippen molar-refractivity contribution in [2.24, 2.45) is 11.8 Å². The van der Waals surface area contributed by atoms with Gasteiger partial charge in [0.05, 0.1) is 5.92 Å². The molecular formula is C17H26N4O2. The van der Waals surface area contributed by atoms with E-state index in [1.165, 1.54) is 58.0 Å². The lowest BCUT2D eigenvalue weighted by atomic mass is 9.79. The Morgan fingerprint density at radius 3 is 2.65 bits per heavy atom. The fraction of sp³-hybridized carbons (Fsp3) is 0.824. The van der Waals surface area contributed by atoms with Crippen molar-refractivity contribution in [1.29, 1.82) is 0 Å². The summed E-state index contributed by atoms with van der Waals surface area (Å²) in [6, 6.07) is 0. The second-order valence-electron chi connectivity index (χ2n) is 7.46. The molecule has 1 saturated carbocycles. The fourth-order valence-corrected chi connectivity index (χ4v) is 4.51. The van der Waals surface area contributed by atoms with Crippen LogP contribution in [0.15, 0.2) is 4.52 Å². The van der Waals surface area contributed by atoms with Crippen LogP contribution < -0.4 is 5.32 Å². The Hall–Kier alpha value is -1.43. The SMILES string of the molecule is O=C(CC1CCCCC1)Nc1noc(C2CN3CCC2CC3)n1. The number of carbonyl (C=O) groups is 1. The maximum Gasteiger partial charge on any atom is 0.270 e. The van der Waals surface area contributed by atoms with Crippen LogP contribution >= 0.6 is 0 Å². The molecule has 0 aromatic carbocycles. The van der Waals surface area contributed by atoms with Crippen LogP contribution in [0.1, 0.15) is 63.2 Å². The van der Waals surface area contributed by atoms with Crippen LogP contribution in [0.3, 0.4) is 0 Å². The summed E-state index contributed by atoms with van der Waals surface area (Å²) >= 11 is 0. The van der Waals surface area contributed by atoms with Gasteiger partial charge >= 0.3 is 0 Å². The standard InChI is InChI=1S/C17H26N4O2/c22-15(10-12-4-2-1-3-5-12)18-17-19-16(23-20-17)14-11-21-8-6-13(14)7-9-21/h12-14H,1-11H2,(H,18,20,22). The van der Waals surface area contributed by atoms with Crippen LogP contribution in [0.4, 0.5) is 5.95 Å². The summed E-state index contributed by atoms with van der Waals surface area (Å²) in [6.45, 7) is 3.41. The molecule has 4 fully saturated rings. The van der Waals surface area contributed by atoms with Crippen molar-refractivity contribution < 1.29 is 9.32 Å². The lowest BCUT2D eigenvalue weighted by molar-refractivity contribution is -0.117. The van der Waals surface area contributed by atoms with Crippen LogP contribution in [0, 0.1) is 11.8 Å². The van der Waals surface area contributed by atoms with Gasteiger partial charge < -0.3 is 9.42 Å². The maximum absolute atomic E-state index is 12.2. The molecule has 0 radical (unpaired) electrons. The molecule has 4 aliphatic rings. The molecule has 23 heavy (non-hydrogen) atoms. The molecule has 1 N–H and O–H groups in total. The number of fused-ring (bicyclic) bond motifs is 3. The van der Waals surface area contributed by atoms with Crippen LogP contribution in [0.25, 0.3) is 0 Å². The van der Waals surface area contributed by atoms with E-state index in [-0.39, 0.29) is 5.91 Å². The second kappa shape index (κ2) is 6.59. The van der Waals surface area contributed by atoms with Crippen LogP contribution in [0.2, 0.25) is 0 Å². The third-order valence-electron chi connectivity index (χ3n) is 5.87. The predicted octanol–water partition coefficient (Wildman–Crippen LogP) is 2.79. The smallest absolute Gasteiger partial charge is 0.270 e. The first-order chi connectivity index (χ1) is 11.3. The van der Waals surface area contributed by atoms with E-state index in [4.69, 9.17) is 4.52 Å². The van der Waals surface area contributed by atoms with Crippen molar-refractivity contribution in [3.63, 3.8) is 0 Å². The van der Waals surface area contributed by atoms with E-state index in [1.807, 2.05) is 0 Å². The Kier molecular flexibility index (Phi) is 4.33. The number of nitrogens with zero attached hydrogens (tertiary/aromatic N) is 3. The first-order valence-corrected chi connectivity index (χ1v) is 9.14. The number of piperidine rings is 3. The fourth-order valence-electron chi connectivity index (χ4n) is 4.51. The van der Waals surface area contributed by atoms with Gasteiger partial charge in [-0.2, -0.15) is 4.98 Å². The molecule has 1 atom stereocenters. The highest BCUT2D eigenvalue weighted by Gasteiger charge is 2.38. The number of amides is 1. The first-order valence-electron chi connectivity index (χ1n) is 9.14. The van der Waals surface area contributed by atoms with Gasteiger partial charge in [0.15, 0.2) is 0 Å². The summed E-state index contributed by atoms with van der Waals surface area (Å²) in [5.41, 5.74) is 0. The molecule has 4 heterocycles. The third kappa shape index (κ3) is 3.42. The number of carbonyl (C=O) groups excluding carboxylic acids is 1. The third-order valence-corrected chi connectivity index (χ3v) is 5.87. The molecule has 1 aromatic heterocycles. The highest BCUT2D eigenvalue weighted by atomic mass is 16.5. The number of rotatable bonds is 4. The van der Waals surface area contributed by atoms with E-state index in [0.717, 1.165) is 6.54 Å². The van der Waals surface area contributed by atoms with Crippen LogP contribution in [-0.2, 0) is 4.79 Å². The van der Waals surface area contributed by atoms with Gasteiger partial charge in [0.25, 0.3) is 5.95 Å². The van der Waals surface area contributed by atoms with E-state index in [9.17, 15) is 4.79 Å². The molecule has 1 aromatic rings. The molecule has 5 rings (SSSR count). The Morgan fingerprint density at radius 1 is 1.17 bits per heavy atom. The van der Waals surface area contributed by atoms with E-state index >= 15 is 0 Å². The highest BCUT2D eigenvalue weighted by molar-refractivity contribution is 5.88. The zero-order chi connectivity index (χ0) is 15.6. The van der Waals surface area contributed by atoms with E-state index in [0.29, 0.717) is 36.0 Å². The summed E-state index contributed by atoms with van der Waals surface area (Å²) in [5, 5.41) is 6.80. The molecule has 6 heteroatoms. The van der Waals surface area contributed by atoms with Crippen molar-refractivity contribution in [3.05, 3.63) is 5.89 Å². The summed E-state index contributed by atoms with van der Waals surface area (Å²) in [4.78, 5) is 19.1. The number of aromatic nitrogens is 2. The number of anilines is 1. The lowest BCUT2D eigenvalue weighted by Gasteiger charge is -2.43. The molecule has 3 aliphatic heterocycles. The zero-order valence-corrected chi connectivity index (χ0v) is 13.7. The minimum absolute atomic E-state index is 0.0261. The van der Waals surface area contributed by atoms with Crippen molar-refractivity contribution in [1.82, 2.24) is 15.0 Å². The molecule has 1 unspecified atom stereocenters. The first kappa shape index (κ1) is 15.1. The van der Waals surface area contributed by atoms with Crippen molar-refractivity contribution >= 4 is 11.9 Å². The monoisotopic (exact) mass is 318 g/mol. The van der Waals surface area contributed by atoms with Crippen molar-refractivity contribution in [2.75, 3.05) is 25.0 Å². The zero-order valence-electron chi connectivity index (χ0n) is 13.7. The van der Waals surface area contributed by atoms with E-state index < -0.39 is 0 Å². The molecule has 2 bridgehead atoms. The molecule has 3 saturated heterocycles. The summed E-state index contributed by atoms with van der Waals surface area (Å²) < 4.78 is 5.45. The molecular weight excluding hydrogens is 292 g/mol. The second-order valence-corrected chi connectivity index (χ2v) is 7.46. The number of nitrogens with one attached hydrogen (secondary N) is 1. The van der Waals surface area contributed by atoms with Gasteiger partial charge in [0.2, 0.25) is 11.8 Å². The van der Waals surface area contributed by atoms with Gasteiger partial charge in [0, 0.05) is 13.0 Å². The van der Waals surface area contributed by atoms with Gasteiger partial charge in [-0.15, -0.1) is 0 Å². The molecule has 0 spiro atoms. The van der Waals surface area contributed by atoms with Crippen LogP contribution in [0.5, 0.6) is 0 Å². The largest absolute Gasteiger partial charge is 0.337 e. The quantitative estimate of drug-likeness (QED) is 0.924. The maximum atomic E-state index is 12.2. The Bertz CT molecular complexity index is 545. The van der Waals surface area contributed by atoms with Gasteiger partial charge in [-0.1, -0.05) is 19.3 Å². The highest BCUT2D eigenvalue weighted by Crippen LogP contribution is 2.38. The minimum atomic E-state index is 0.0261. The summed E-state index contributed by atoms with van der Waals surface area (Å²) in [5.74, 6) is 2.60. The Labute approximate surface area is 137 Å². The lowest BCUT2D eigenvalue weighted by Crippen LogP contribution is -2.46. The normalized spacial score (nSPS) is 31.2. The van der Waals surface area contributed by atoms with Gasteiger partial charge in [-0.25, -0.2) is 0 Å². The molecule has 1 amide bonds. The van der Waals surface area contributed by atoms with E-state index in [1.54, 1.807) is 0 Å². The Balaban J connectivity index is 1.33. The Morgan fingerprint density at radius 2 is 1.96 bits per heavy atom. The van der Waals surface area contributed by atoms with Gasteiger partial charge in [0.1, 0.15) is 0 Å². The molecule has 6 nitrogen and oxygen atoms in total. The summed E-state index contributed by atoms with van der Waals surface area (Å²) in [6.07, 6.45) is 9.19. The molecule has 1 aliphatic carbocycles. The topological polar surface area (TPSA) is 71.3 Å². The number of hydrogen-bond acceptors (Lipinski definition) is 5. The predicted molar refractivity (Wildman–Crippen MR) is 86.0 cm³/mol. The minimum Gasteiger partial charge on any atom is -0.337 e. The van der Waals surface area contributed by atoms with E-state index in [2.05, 4.69) is 20.4 Å².